The molecule has 7 heteroatoms. The van der Waals surface area contributed by atoms with Crippen molar-refractivity contribution in [3.63, 3.8) is 0 Å². The molecule has 110 valence electrons. The maximum Gasteiger partial charge on any atom is 0.175 e. The Hall–Kier alpha value is -1.44. The van der Waals surface area contributed by atoms with E-state index in [0.717, 1.165) is 11.3 Å². The second kappa shape index (κ2) is 5.51. The topological polar surface area (TPSA) is 87.2 Å². The summed E-state index contributed by atoms with van der Waals surface area (Å²) in [7, 11) is 0.265. The molecule has 2 N–H and O–H groups in total. The molecule has 1 unspecified atom stereocenters. The molecule has 0 amide bonds. The van der Waals surface area contributed by atoms with Gasteiger partial charge < -0.3 is 15.0 Å². The fourth-order valence-corrected chi connectivity index (χ4v) is 2.78. The molecule has 0 spiro atoms. The van der Waals surface area contributed by atoms with E-state index in [2.05, 4.69) is 4.98 Å². The van der Waals surface area contributed by atoms with Gasteiger partial charge in [-0.1, -0.05) is 0 Å². The van der Waals surface area contributed by atoms with Gasteiger partial charge in [-0.3, -0.25) is 0 Å². The lowest BCUT2D eigenvalue weighted by atomic mass is 10.2. The third kappa shape index (κ3) is 2.84. The van der Waals surface area contributed by atoms with Gasteiger partial charge in [-0.25, -0.2) is 13.4 Å². The third-order valence-electron chi connectivity index (χ3n) is 3.28. The Labute approximate surface area is 118 Å². The van der Waals surface area contributed by atoms with Crippen LogP contribution in [-0.2, 0) is 21.6 Å². The molecular weight excluding hydrogens is 278 g/mol. The second-order valence-electron chi connectivity index (χ2n) is 4.84. The largest absolute Gasteiger partial charge is 0.385 e. The number of nitrogens with zero attached hydrogens (tertiary/aromatic N) is 2. The van der Waals surface area contributed by atoms with Crippen molar-refractivity contribution in [3.05, 3.63) is 24.0 Å². The first-order valence-electron chi connectivity index (χ1n) is 6.25. The number of aryl methyl sites for hydroxylation is 1. The molecule has 0 aliphatic heterocycles. The summed E-state index contributed by atoms with van der Waals surface area (Å²) in [5, 5.41) is 0. The Kier molecular flexibility index (Phi) is 4.12. The van der Waals surface area contributed by atoms with E-state index in [0.29, 0.717) is 18.5 Å². The first-order valence-corrected chi connectivity index (χ1v) is 8.14. The molecule has 20 heavy (non-hydrogen) atoms. The highest BCUT2D eigenvalue weighted by atomic mass is 32.2. The molecule has 0 radical (unpaired) electrons. The predicted molar refractivity (Wildman–Crippen MR) is 77.2 cm³/mol. The van der Waals surface area contributed by atoms with E-state index in [-0.39, 0.29) is 10.9 Å². The average Bonchev–Trinajstić information content (AvgIpc) is 2.72. The molecule has 0 bridgehead atoms. The zero-order chi connectivity index (χ0) is 14.9. The third-order valence-corrected chi connectivity index (χ3v) is 4.39. The van der Waals surface area contributed by atoms with Gasteiger partial charge in [0.1, 0.15) is 5.82 Å². The Morgan fingerprint density at radius 3 is 2.75 bits per heavy atom. The Morgan fingerprint density at radius 2 is 2.15 bits per heavy atom. The van der Waals surface area contributed by atoms with Crippen LogP contribution in [0, 0.1) is 0 Å². The van der Waals surface area contributed by atoms with E-state index in [4.69, 9.17) is 10.5 Å². The zero-order valence-corrected chi connectivity index (χ0v) is 12.6. The van der Waals surface area contributed by atoms with Crippen LogP contribution in [0.5, 0.6) is 0 Å². The van der Waals surface area contributed by atoms with E-state index >= 15 is 0 Å². The molecule has 1 heterocycles. The van der Waals surface area contributed by atoms with E-state index in [1.807, 2.05) is 11.6 Å². The molecule has 1 atom stereocenters. The minimum absolute atomic E-state index is 0.242. The van der Waals surface area contributed by atoms with Crippen molar-refractivity contribution in [3.8, 4) is 0 Å². The zero-order valence-electron chi connectivity index (χ0n) is 11.8. The molecule has 6 nitrogen and oxygen atoms in total. The SMILES string of the molecule is COCCC(N)c1nc2cc(S(C)(=O)=O)ccc2n1C. The quantitative estimate of drug-likeness (QED) is 0.890. The Morgan fingerprint density at radius 1 is 1.45 bits per heavy atom. The number of fused-ring (bicyclic) bond motifs is 1. The molecule has 0 aliphatic carbocycles. The van der Waals surface area contributed by atoms with Crippen molar-refractivity contribution < 1.29 is 13.2 Å². The highest BCUT2D eigenvalue weighted by molar-refractivity contribution is 7.90. The summed E-state index contributed by atoms with van der Waals surface area (Å²) in [5.74, 6) is 0.725. The van der Waals surface area contributed by atoms with Crippen molar-refractivity contribution in [2.24, 2.45) is 12.8 Å². The molecule has 0 saturated heterocycles. The van der Waals surface area contributed by atoms with Crippen LogP contribution in [0.2, 0.25) is 0 Å². The lowest BCUT2D eigenvalue weighted by Gasteiger charge is -2.10. The Balaban J connectivity index is 2.47. The van der Waals surface area contributed by atoms with Crippen molar-refractivity contribution in [2.45, 2.75) is 17.4 Å². The van der Waals surface area contributed by atoms with Gasteiger partial charge in [0, 0.05) is 27.0 Å². The summed E-state index contributed by atoms with van der Waals surface area (Å²) >= 11 is 0. The molecule has 2 aromatic rings. The van der Waals surface area contributed by atoms with E-state index < -0.39 is 9.84 Å². The first-order chi connectivity index (χ1) is 9.34. The monoisotopic (exact) mass is 297 g/mol. The number of rotatable bonds is 5. The van der Waals surface area contributed by atoms with Crippen LogP contribution in [0.1, 0.15) is 18.3 Å². The minimum Gasteiger partial charge on any atom is -0.385 e. The number of hydrogen-bond acceptors (Lipinski definition) is 5. The van der Waals surface area contributed by atoms with Crippen molar-refractivity contribution in [1.82, 2.24) is 9.55 Å². The van der Waals surface area contributed by atoms with Gasteiger partial charge in [0.25, 0.3) is 0 Å². The van der Waals surface area contributed by atoms with Gasteiger partial charge in [-0.05, 0) is 24.6 Å². The summed E-state index contributed by atoms with van der Waals surface area (Å²) in [5.41, 5.74) is 7.59. The second-order valence-corrected chi connectivity index (χ2v) is 6.86. The predicted octanol–water partition coefficient (Wildman–Crippen LogP) is 1.01. The number of methoxy groups -OCH3 is 1. The summed E-state index contributed by atoms with van der Waals surface area (Å²) in [4.78, 5) is 4.72. The molecule has 2 rings (SSSR count). The number of benzene rings is 1. The lowest BCUT2D eigenvalue weighted by Crippen LogP contribution is -2.17. The minimum atomic E-state index is -3.23. The van der Waals surface area contributed by atoms with Gasteiger partial charge >= 0.3 is 0 Å². The molecule has 0 saturated carbocycles. The molecular formula is C13H19N3O3S. The van der Waals surface area contributed by atoms with Crippen LogP contribution in [0.25, 0.3) is 11.0 Å². The van der Waals surface area contributed by atoms with Crippen molar-refractivity contribution in [2.75, 3.05) is 20.0 Å². The first kappa shape index (κ1) is 15.0. The Bertz CT molecular complexity index is 722. The van der Waals surface area contributed by atoms with Crippen molar-refractivity contribution >= 4 is 20.9 Å². The van der Waals surface area contributed by atoms with E-state index in [9.17, 15) is 8.42 Å². The summed E-state index contributed by atoms with van der Waals surface area (Å²) in [6.45, 7) is 0.555. The number of ether oxygens (including phenoxy) is 1. The fraction of sp³-hybridized carbons (Fsp3) is 0.462. The van der Waals surface area contributed by atoms with Crippen molar-refractivity contribution in [1.29, 1.82) is 0 Å². The fourth-order valence-electron chi connectivity index (χ4n) is 2.13. The van der Waals surface area contributed by atoms with E-state index in [1.54, 1.807) is 25.3 Å². The maximum atomic E-state index is 11.6. The smallest absolute Gasteiger partial charge is 0.175 e. The highest BCUT2D eigenvalue weighted by Gasteiger charge is 2.16. The van der Waals surface area contributed by atoms with Crippen LogP contribution >= 0.6 is 0 Å². The average molecular weight is 297 g/mol. The normalized spacial score (nSPS) is 13.8. The summed E-state index contributed by atoms with van der Waals surface area (Å²) in [6.07, 6.45) is 1.84. The highest BCUT2D eigenvalue weighted by Crippen LogP contribution is 2.23. The molecule has 0 aliphatic rings. The summed E-state index contributed by atoms with van der Waals surface area (Å²) in [6, 6.07) is 4.68. The standard InChI is InChI=1S/C13H19N3O3S/c1-16-12-5-4-9(20(3,17)18)8-11(12)15-13(16)10(14)6-7-19-2/h4-5,8,10H,6-7,14H2,1-3H3. The molecule has 1 aromatic heterocycles. The van der Waals surface area contributed by atoms with Gasteiger partial charge in [0.2, 0.25) is 0 Å². The van der Waals surface area contributed by atoms with Crippen LogP contribution in [0.4, 0.5) is 0 Å². The summed E-state index contributed by atoms with van der Waals surface area (Å²) < 4.78 is 30.0. The van der Waals surface area contributed by atoms with Gasteiger partial charge in [-0.2, -0.15) is 0 Å². The van der Waals surface area contributed by atoms with Crippen LogP contribution in [0.15, 0.2) is 23.1 Å². The number of imidazole rings is 1. The number of nitrogens with two attached hydrogens (primary N) is 1. The van der Waals surface area contributed by atoms with Crippen LogP contribution in [0.3, 0.4) is 0 Å². The number of hydrogen-bond donors (Lipinski definition) is 1. The lowest BCUT2D eigenvalue weighted by molar-refractivity contribution is 0.187. The van der Waals surface area contributed by atoms with Gasteiger partial charge in [0.15, 0.2) is 9.84 Å². The molecule has 0 fully saturated rings. The van der Waals surface area contributed by atoms with Gasteiger partial charge in [-0.15, -0.1) is 0 Å². The maximum absolute atomic E-state index is 11.6. The van der Waals surface area contributed by atoms with Crippen LogP contribution < -0.4 is 5.73 Å². The van der Waals surface area contributed by atoms with E-state index in [1.165, 1.54) is 6.26 Å². The molecule has 1 aromatic carbocycles. The van der Waals surface area contributed by atoms with Gasteiger partial charge in [0.05, 0.1) is 22.0 Å². The van der Waals surface area contributed by atoms with Crippen LogP contribution in [-0.4, -0.2) is 37.9 Å². The number of sulfone groups is 1. The number of aromatic nitrogens is 2.